The lowest BCUT2D eigenvalue weighted by Gasteiger charge is -2.06. The maximum absolute atomic E-state index is 12.7. The van der Waals surface area contributed by atoms with Crippen LogP contribution in [0.1, 0.15) is 11.1 Å². The van der Waals surface area contributed by atoms with E-state index >= 15 is 0 Å². The summed E-state index contributed by atoms with van der Waals surface area (Å²) in [7, 11) is 0. The number of rotatable bonds is 2. The fourth-order valence-corrected chi connectivity index (χ4v) is 1.05. The summed E-state index contributed by atoms with van der Waals surface area (Å²) in [6.45, 7) is 2.28. The van der Waals surface area contributed by atoms with Crippen molar-refractivity contribution in [3.05, 3.63) is 35.1 Å². The lowest BCUT2D eigenvalue weighted by molar-refractivity contribution is 0.625. The molecule has 1 aromatic rings. The zero-order valence-corrected chi connectivity index (χ0v) is 7.39. The predicted molar refractivity (Wildman–Crippen MR) is 49.9 cm³/mol. The van der Waals surface area contributed by atoms with E-state index in [0.717, 1.165) is 11.1 Å². The van der Waals surface area contributed by atoms with Crippen LogP contribution in [0, 0.1) is 18.2 Å². The van der Waals surface area contributed by atoms with E-state index in [0.29, 0.717) is 6.54 Å². The van der Waals surface area contributed by atoms with Gasteiger partial charge in [-0.05, 0) is 30.2 Å². The molecule has 0 atom stereocenters. The highest BCUT2D eigenvalue weighted by atomic mass is 19.1. The molecule has 3 nitrogen and oxygen atoms in total. The van der Waals surface area contributed by atoms with Gasteiger partial charge in [0, 0.05) is 6.54 Å². The molecule has 4 heteroatoms. The molecule has 0 spiro atoms. The summed E-state index contributed by atoms with van der Waals surface area (Å²) < 4.78 is 12.7. The second-order valence-electron chi connectivity index (χ2n) is 2.84. The predicted octanol–water partition coefficient (Wildman–Crippen LogP) is 1.12. The third kappa shape index (κ3) is 2.74. The van der Waals surface area contributed by atoms with Crippen LogP contribution >= 0.6 is 0 Å². The topological polar surface area (TPSA) is 61.9 Å². The number of nitrogens with one attached hydrogen (secondary N) is 2. The van der Waals surface area contributed by atoms with Gasteiger partial charge in [0.15, 0.2) is 5.96 Å². The second kappa shape index (κ2) is 3.89. The highest BCUT2D eigenvalue weighted by Crippen LogP contribution is 2.09. The molecule has 13 heavy (non-hydrogen) atoms. The van der Waals surface area contributed by atoms with Crippen LogP contribution < -0.4 is 11.1 Å². The first-order valence-electron chi connectivity index (χ1n) is 3.92. The average Bonchev–Trinajstić information content (AvgIpc) is 2.02. The van der Waals surface area contributed by atoms with Crippen LogP contribution in [0.25, 0.3) is 0 Å². The van der Waals surface area contributed by atoms with Crippen molar-refractivity contribution in [3.63, 3.8) is 0 Å². The van der Waals surface area contributed by atoms with Gasteiger partial charge in [0.1, 0.15) is 5.82 Å². The normalized spacial score (nSPS) is 9.69. The van der Waals surface area contributed by atoms with Crippen molar-refractivity contribution < 1.29 is 4.39 Å². The van der Waals surface area contributed by atoms with Crippen LogP contribution in [-0.2, 0) is 6.54 Å². The molecule has 70 valence electrons. The zero-order valence-electron chi connectivity index (χ0n) is 7.39. The molecular formula is C9H12FN3. The molecular weight excluding hydrogens is 169 g/mol. The molecule has 0 saturated carbocycles. The Morgan fingerprint density at radius 2 is 2.31 bits per heavy atom. The van der Waals surface area contributed by atoms with Gasteiger partial charge in [-0.25, -0.2) is 4.39 Å². The number of benzene rings is 1. The van der Waals surface area contributed by atoms with E-state index in [2.05, 4.69) is 5.32 Å². The van der Waals surface area contributed by atoms with Gasteiger partial charge in [-0.2, -0.15) is 0 Å². The van der Waals surface area contributed by atoms with Crippen molar-refractivity contribution in [3.8, 4) is 0 Å². The van der Waals surface area contributed by atoms with E-state index in [4.69, 9.17) is 11.1 Å². The standard InChI is InChI=1S/C9H12FN3/c1-6-4-8(10)3-2-7(6)5-13-9(11)12/h2-4H,5H2,1H3,(H4,11,12,13). The Morgan fingerprint density at radius 1 is 1.62 bits per heavy atom. The van der Waals surface area contributed by atoms with E-state index in [1.807, 2.05) is 6.92 Å². The quantitative estimate of drug-likeness (QED) is 0.473. The van der Waals surface area contributed by atoms with Crippen molar-refractivity contribution in [1.29, 1.82) is 5.41 Å². The smallest absolute Gasteiger partial charge is 0.185 e. The van der Waals surface area contributed by atoms with Gasteiger partial charge in [-0.1, -0.05) is 6.07 Å². The number of halogens is 1. The second-order valence-corrected chi connectivity index (χ2v) is 2.84. The van der Waals surface area contributed by atoms with Gasteiger partial charge in [-0.3, -0.25) is 5.41 Å². The Hall–Kier alpha value is -1.58. The highest BCUT2D eigenvalue weighted by Gasteiger charge is 1.99. The summed E-state index contributed by atoms with van der Waals surface area (Å²) in [5, 5.41) is 9.61. The Labute approximate surface area is 76.3 Å². The number of hydrogen-bond donors (Lipinski definition) is 3. The summed E-state index contributed by atoms with van der Waals surface area (Å²) in [4.78, 5) is 0. The maximum atomic E-state index is 12.7. The van der Waals surface area contributed by atoms with Crippen LogP contribution in [0.4, 0.5) is 4.39 Å². The summed E-state index contributed by atoms with van der Waals surface area (Å²) >= 11 is 0. The molecule has 4 N–H and O–H groups in total. The maximum Gasteiger partial charge on any atom is 0.185 e. The van der Waals surface area contributed by atoms with E-state index < -0.39 is 0 Å². The zero-order chi connectivity index (χ0) is 9.84. The number of aryl methyl sites for hydroxylation is 1. The fraction of sp³-hybridized carbons (Fsp3) is 0.222. The van der Waals surface area contributed by atoms with Gasteiger partial charge in [-0.15, -0.1) is 0 Å². The van der Waals surface area contributed by atoms with E-state index in [1.54, 1.807) is 6.07 Å². The average molecular weight is 181 g/mol. The van der Waals surface area contributed by atoms with Crippen molar-refractivity contribution in [2.45, 2.75) is 13.5 Å². The van der Waals surface area contributed by atoms with Crippen molar-refractivity contribution in [2.24, 2.45) is 5.73 Å². The summed E-state index contributed by atoms with van der Waals surface area (Å²) in [6, 6.07) is 4.53. The largest absolute Gasteiger partial charge is 0.370 e. The minimum atomic E-state index is -0.246. The van der Waals surface area contributed by atoms with Crippen LogP contribution in [0.5, 0.6) is 0 Å². The Morgan fingerprint density at radius 3 is 2.85 bits per heavy atom. The lowest BCUT2D eigenvalue weighted by Crippen LogP contribution is -2.29. The Balaban J connectivity index is 2.72. The molecule has 0 aliphatic carbocycles. The lowest BCUT2D eigenvalue weighted by atomic mass is 10.1. The summed E-state index contributed by atoms with van der Waals surface area (Å²) in [6.07, 6.45) is 0. The van der Waals surface area contributed by atoms with Gasteiger partial charge < -0.3 is 11.1 Å². The fourth-order valence-electron chi connectivity index (χ4n) is 1.05. The third-order valence-corrected chi connectivity index (χ3v) is 1.77. The Kier molecular flexibility index (Phi) is 2.84. The molecule has 0 bridgehead atoms. The molecule has 1 aromatic carbocycles. The number of nitrogens with two attached hydrogens (primary N) is 1. The van der Waals surface area contributed by atoms with E-state index in [-0.39, 0.29) is 11.8 Å². The van der Waals surface area contributed by atoms with Crippen LogP contribution in [0.15, 0.2) is 18.2 Å². The molecule has 0 heterocycles. The van der Waals surface area contributed by atoms with Gasteiger partial charge >= 0.3 is 0 Å². The van der Waals surface area contributed by atoms with Crippen LogP contribution in [0.3, 0.4) is 0 Å². The molecule has 0 saturated heterocycles. The number of guanidine groups is 1. The highest BCUT2D eigenvalue weighted by molar-refractivity contribution is 5.74. The molecule has 0 radical (unpaired) electrons. The van der Waals surface area contributed by atoms with Crippen molar-refractivity contribution >= 4 is 5.96 Å². The van der Waals surface area contributed by atoms with E-state index in [9.17, 15) is 4.39 Å². The summed E-state index contributed by atoms with van der Waals surface area (Å²) in [5.74, 6) is -0.326. The first kappa shape index (κ1) is 9.51. The van der Waals surface area contributed by atoms with Crippen LogP contribution in [-0.4, -0.2) is 5.96 Å². The molecule has 0 fully saturated rings. The monoisotopic (exact) mass is 181 g/mol. The van der Waals surface area contributed by atoms with Gasteiger partial charge in [0.25, 0.3) is 0 Å². The van der Waals surface area contributed by atoms with Gasteiger partial charge in [0.05, 0.1) is 0 Å². The molecule has 0 aromatic heterocycles. The minimum Gasteiger partial charge on any atom is -0.370 e. The Bertz CT molecular complexity index is 323. The third-order valence-electron chi connectivity index (χ3n) is 1.77. The minimum absolute atomic E-state index is 0.0799. The van der Waals surface area contributed by atoms with Crippen molar-refractivity contribution in [1.82, 2.24) is 5.32 Å². The molecule has 0 aliphatic rings. The summed E-state index contributed by atoms with van der Waals surface area (Å²) in [5.41, 5.74) is 6.91. The van der Waals surface area contributed by atoms with Crippen LogP contribution in [0.2, 0.25) is 0 Å². The molecule has 0 aliphatic heterocycles. The first-order chi connectivity index (χ1) is 6.09. The molecule has 0 unspecified atom stereocenters. The SMILES string of the molecule is Cc1cc(F)ccc1CNC(=N)N. The number of hydrogen-bond acceptors (Lipinski definition) is 1. The van der Waals surface area contributed by atoms with Gasteiger partial charge in [0.2, 0.25) is 0 Å². The van der Waals surface area contributed by atoms with E-state index in [1.165, 1.54) is 12.1 Å². The first-order valence-corrected chi connectivity index (χ1v) is 3.92. The molecule has 0 amide bonds. The van der Waals surface area contributed by atoms with Crippen molar-refractivity contribution in [2.75, 3.05) is 0 Å². The molecule has 1 rings (SSSR count).